The Morgan fingerprint density at radius 1 is 1.00 bits per heavy atom. The van der Waals surface area contributed by atoms with Gasteiger partial charge in [-0.2, -0.15) is 0 Å². The first-order valence-corrected chi connectivity index (χ1v) is 10.6. The molecule has 0 aliphatic carbocycles. The van der Waals surface area contributed by atoms with Crippen molar-refractivity contribution in [3.05, 3.63) is 83.8 Å². The summed E-state index contributed by atoms with van der Waals surface area (Å²) < 4.78 is 10.9. The number of rotatable bonds is 8. The average Bonchev–Trinajstić information content (AvgIpc) is 3.30. The summed E-state index contributed by atoms with van der Waals surface area (Å²) in [4.78, 5) is 25.1. The lowest BCUT2D eigenvalue weighted by atomic mass is 10.1. The second-order valence-electron chi connectivity index (χ2n) is 7.45. The second-order valence-corrected chi connectivity index (χ2v) is 7.85. The first-order chi connectivity index (χ1) is 15.4. The third-order valence-electron chi connectivity index (χ3n) is 4.35. The fraction of sp³-hybridized carbons (Fsp3) is 0.208. The molecule has 1 aromatic heterocycles. The molecule has 0 saturated carbocycles. The van der Waals surface area contributed by atoms with Crippen molar-refractivity contribution in [3.63, 3.8) is 0 Å². The summed E-state index contributed by atoms with van der Waals surface area (Å²) in [6, 6.07) is 17.2. The lowest BCUT2D eigenvalue weighted by molar-refractivity contribution is 0.0947. The summed E-state index contributed by atoms with van der Waals surface area (Å²) in [5.41, 5.74) is 1.31. The Bertz CT molecular complexity index is 1060. The predicted octanol–water partition coefficient (Wildman–Crippen LogP) is 4.37. The molecule has 3 N–H and O–H groups in total. The Kier molecular flexibility index (Phi) is 7.99. The van der Waals surface area contributed by atoms with Crippen LogP contribution in [-0.4, -0.2) is 23.5 Å². The second kappa shape index (κ2) is 11.1. The summed E-state index contributed by atoms with van der Waals surface area (Å²) in [5, 5.41) is 8.42. The van der Waals surface area contributed by atoms with Crippen molar-refractivity contribution in [2.24, 2.45) is 5.92 Å². The summed E-state index contributed by atoms with van der Waals surface area (Å²) in [5.74, 6) is 1.10. The molecule has 0 bridgehead atoms. The van der Waals surface area contributed by atoms with Gasteiger partial charge in [-0.1, -0.05) is 26.0 Å². The molecule has 3 aromatic rings. The topological polar surface area (TPSA) is 92.6 Å². The molecule has 0 unspecified atom stereocenters. The van der Waals surface area contributed by atoms with Crippen LogP contribution in [0.15, 0.2) is 71.3 Å². The molecule has 3 rings (SSSR count). The van der Waals surface area contributed by atoms with E-state index in [-0.39, 0.29) is 23.5 Å². The molecule has 2 aromatic carbocycles. The first-order valence-electron chi connectivity index (χ1n) is 10.2. The van der Waals surface area contributed by atoms with E-state index in [1.54, 1.807) is 66.9 Å². The Morgan fingerprint density at radius 2 is 1.75 bits per heavy atom. The van der Waals surface area contributed by atoms with E-state index in [0.717, 1.165) is 0 Å². The van der Waals surface area contributed by atoms with Gasteiger partial charge < -0.3 is 19.8 Å². The molecule has 32 heavy (non-hydrogen) atoms. The van der Waals surface area contributed by atoms with Gasteiger partial charge in [0.25, 0.3) is 11.8 Å². The van der Waals surface area contributed by atoms with Crippen molar-refractivity contribution in [2.45, 2.75) is 20.4 Å². The fourth-order valence-electron chi connectivity index (χ4n) is 2.76. The van der Waals surface area contributed by atoms with Crippen LogP contribution in [0.3, 0.4) is 0 Å². The van der Waals surface area contributed by atoms with Crippen LogP contribution in [0.1, 0.15) is 40.3 Å². The van der Waals surface area contributed by atoms with Crippen molar-refractivity contribution < 1.29 is 18.7 Å². The molecule has 0 aliphatic heterocycles. The molecule has 0 atom stereocenters. The van der Waals surface area contributed by atoms with Crippen LogP contribution in [0, 0.1) is 5.92 Å². The van der Waals surface area contributed by atoms with E-state index in [1.165, 1.54) is 0 Å². The third kappa shape index (κ3) is 6.68. The van der Waals surface area contributed by atoms with E-state index in [9.17, 15) is 9.59 Å². The van der Waals surface area contributed by atoms with E-state index >= 15 is 0 Å². The number of benzene rings is 2. The Labute approximate surface area is 192 Å². The lowest BCUT2D eigenvalue weighted by Crippen LogP contribution is -2.35. The minimum atomic E-state index is -0.363. The SMILES string of the molecule is CC(C)COc1ccc(C(=O)NC(=S)Nc2ccccc2C(=O)NCc2ccco2)cc1. The number of hydrogen-bond donors (Lipinski definition) is 3. The molecular weight excluding hydrogens is 426 g/mol. The molecular formula is C24H25N3O4S. The van der Waals surface area contributed by atoms with Gasteiger partial charge in [-0.05, 0) is 66.7 Å². The molecule has 1 heterocycles. The minimum absolute atomic E-state index is 0.0846. The number of ether oxygens (including phenoxy) is 1. The van der Waals surface area contributed by atoms with E-state index in [0.29, 0.717) is 40.8 Å². The smallest absolute Gasteiger partial charge is 0.257 e. The molecule has 2 amide bonds. The number of hydrogen-bond acceptors (Lipinski definition) is 5. The maximum absolute atomic E-state index is 12.6. The largest absolute Gasteiger partial charge is 0.493 e. The quantitative estimate of drug-likeness (QED) is 0.441. The standard InChI is InChI=1S/C24H25N3O4S/c1-16(2)15-31-18-11-9-17(10-12-18)22(28)27-24(32)26-21-8-4-3-7-20(21)23(29)25-14-19-6-5-13-30-19/h3-13,16H,14-15H2,1-2H3,(H,25,29)(H2,26,27,28,32). The maximum Gasteiger partial charge on any atom is 0.257 e. The van der Waals surface area contributed by atoms with Gasteiger partial charge >= 0.3 is 0 Å². The zero-order valence-corrected chi connectivity index (χ0v) is 18.7. The number of thiocarbonyl (C=S) groups is 1. The van der Waals surface area contributed by atoms with Gasteiger partial charge in [0.05, 0.1) is 30.7 Å². The zero-order chi connectivity index (χ0) is 22.9. The summed E-state index contributed by atoms with van der Waals surface area (Å²) >= 11 is 5.27. The van der Waals surface area contributed by atoms with Crippen molar-refractivity contribution >= 4 is 34.8 Å². The molecule has 0 aliphatic rings. The van der Waals surface area contributed by atoms with Gasteiger partial charge in [-0.25, -0.2) is 0 Å². The average molecular weight is 452 g/mol. The van der Waals surface area contributed by atoms with Crippen LogP contribution < -0.4 is 20.7 Å². The van der Waals surface area contributed by atoms with Gasteiger partial charge in [-0.3, -0.25) is 14.9 Å². The number of furan rings is 1. The molecule has 0 spiro atoms. The van der Waals surface area contributed by atoms with Crippen LogP contribution >= 0.6 is 12.2 Å². The molecule has 7 nitrogen and oxygen atoms in total. The Morgan fingerprint density at radius 3 is 2.44 bits per heavy atom. The number of anilines is 1. The minimum Gasteiger partial charge on any atom is -0.493 e. The third-order valence-corrected chi connectivity index (χ3v) is 4.55. The van der Waals surface area contributed by atoms with Gasteiger partial charge in [0.2, 0.25) is 0 Å². The van der Waals surface area contributed by atoms with Crippen LogP contribution in [0.5, 0.6) is 5.75 Å². The number of carbonyl (C=O) groups is 2. The van der Waals surface area contributed by atoms with Crippen LogP contribution in [0.2, 0.25) is 0 Å². The highest BCUT2D eigenvalue weighted by atomic mass is 32.1. The monoisotopic (exact) mass is 451 g/mol. The van der Waals surface area contributed by atoms with E-state index < -0.39 is 0 Å². The van der Waals surface area contributed by atoms with Crippen LogP contribution in [0.4, 0.5) is 5.69 Å². The normalized spacial score (nSPS) is 10.5. The first kappa shape index (κ1) is 23.0. The van der Waals surface area contributed by atoms with Gasteiger partial charge in [-0.15, -0.1) is 0 Å². The summed E-state index contributed by atoms with van der Waals surface area (Å²) in [7, 11) is 0. The van der Waals surface area contributed by atoms with Crippen molar-refractivity contribution in [2.75, 3.05) is 11.9 Å². The van der Waals surface area contributed by atoms with Crippen molar-refractivity contribution in [3.8, 4) is 5.75 Å². The highest BCUT2D eigenvalue weighted by Gasteiger charge is 2.14. The highest BCUT2D eigenvalue weighted by molar-refractivity contribution is 7.80. The van der Waals surface area contributed by atoms with Gasteiger partial charge in [0, 0.05) is 5.56 Å². The molecule has 0 fully saturated rings. The van der Waals surface area contributed by atoms with Crippen LogP contribution in [0.25, 0.3) is 0 Å². The van der Waals surface area contributed by atoms with E-state index in [2.05, 4.69) is 29.8 Å². The zero-order valence-electron chi connectivity index (χ0n) is 17.9. The van der Waals surface area contributed by atoms with Crippen molar-refractivity contribution in [1.29, 1.82) is 0 Å². The van der Waals surface area contributed by atoms with E-state index in [4.69, 9.17) is 21.4 Å². The highest BCUT2D eigenvalue weighted by Crippen LogP contribution is 2.16. The predicted molar refractivity (Wildman–Crippen MR) is 127 cm³/mol. The van der Waals surface area contributed by atoms with E-state index in [1.807, 2.05) is 0 Å². The molecule has 8 heteroatoms. The van der Waals surface area contributed by atoms with Gasteiger partial charge in [0.1, 0.15) is 11.5 Å². The van der Waals surface area contributed by atoms with Crippen LogP contribution in [-0.2, 0) is 6.54 Å². The number of amides is 2. The Hall–Kier alpha value is -3.65. The molecule has 0 radical (unpaired) electrons. The lowest BCUT2D eigenvalue weighted by Gasteiger charge is -2.14. The number of carbonyl (C=O) groups excluding carboxylic acids is 2. The molecule has 166 valence electrons. The number of nitrogens with one attached hydrogen (secondary N) is 3. The maximum atomic E-state index is 12.6. The molecule has 0 saturated heterocycles. The Balaban J connectivity index is 1.57. The number of para-hydroxylation sites is 1. The van der Waals surface area contributed by atoms with Gasteiger partial charge in [0.15, 0.2) is 5.11 Å². The fourth-order valence-corrected chi connectivity index (χ4v) is 2.96. The van der Waals surface area contributed by atoms with Crippen molar-refractivity contribution in [1.82, 2.24) is 10.6 Å². The summed E-state index contributed by atoms with van der Waals surface area (Å²) in [6.45, 7) is 5.00. The summed E-state index contributed by atoms with van der Waals surface area (Å²) in [6.07, 6.45) is 1.55.